The van der Waals surface area contributed by atoms with Crippen LogP contribution in [0.25, 0.3) is 0 Å². The van der Waals surface area contributed by atoms with Gasteiger partial charge in [-0.05, 0) is 85.6 Å². The minimum Gasteiger partial charge on any atom is -0.497 e. The Kier molecular flexibility index (Phi) is 13.6. The summed E-state index contributed by atoms with van der Waals surface area (Å²) in [5.74, 6) is 0.179. The second-order valence-corrected chi connectivity index (χ2v) is 10.5. The largest absolute Gasteiger partial charge is 0.497 e. The van der Waals surface area contributed by atoms with Crippen LogP contribution in [0.2, 0.25) is 0 Å². The number of ether oxygens (including phenoxy) is 4. The fourth-order valence-corrected chi connectivity index (χ4v) is 4.34. The van der Waals surface area contributed by atoms with Crippen molar-refractivity contribution in [2.24, 2.45) is 10.2 Å². The number of hydrogen-bond acceptors (Lipinski definition) is 10. The molecule has 12 nitrogen and oxygen atoms in total. The van der Waals surface area contributed by atoms with Crippen LogP contribution < -0.4 is 29.8 Å². The van der Waals surface area contributed by atoms with Gasteiger partial charge in [0.25, 0.3) is 0 Å². The van der Waals surface area contributed by atoms with E-state index in [1.807, 2.05) is 0 Å². The molecule has 252 valence electrons. The maximum absolute atomic E-state index is 12.5. The summed E-state index contributed by atoms with van der Waals surface area (Å²) >= 11 is 0. The molecule has 0 aromatic heterocycles. The Hall–Kier alpha value is -6.30. The Labute approximate surface area is 283 Å². The number of nitrogens with zero attached hydrogens (tertiary/aromatic N) is 2. The van der Waals surface area contributed by atoms with Gasteiger partial charge in [0, 0.05) is 24.0 Å². The predicted octanol–water partition coefficient (Wildman–Crippen LogP) is 5.69. The number of carbonyl (C=O) groups excluding carboxylic acids is 4. The first-order chi connectivity index (χ1) is 23.9. The van der Waals surface area contributed by atoms with E-state index in [1.165, 1.54) is 12.4 Å². The molecule has 0 radical (unpaired) electrons. The Morgan fingerprint density at radius 1 is 0.551 bits per heavy atom. The van der Waals surface area contributed by atoms with Crippen molar-refractivity contribution in [1.82, 2.24) is 10.9 Å². The number of para-hydroxylation sites is 2. The third-order valence-corrected chi connectivity index (χ3v) is 6.99. The van der Waals surface area contributed by atoms with Gasteiger partial charge in [0.15, 0.2) is 0 Å². The van der Waals surface area contributed by atoms with E-state index in [4.69, 9.17) is 18.9 Å². The molecule has 2 N–H and O–H groups in total. The Morgan fingerprint density at radius 2 is 0.939 bits per heavy atom. The third kappa shape index (κ3) is 11.5. The number of methoxy groups -OCH3 is 2. The maximum atomic E-state index is 12.5. The van der Waals surface area contributed by atoms with Gasteiger partial charge in [-0.2, -0.15) is 10.2 Å². The number of esters is 2. The van der Waals surface area contributed by atoms with Crippen LogP contribution in [-0.4, -0.2) is 50.4 Å². The van der Waals surface area contributed by atoms with Crippen molar-refractivity contribution in [1.29, 1.82) is 0 Å². The van der Waals surface area contributed by atoms with Gasteiger partial charge in [-0.25, -0.2) is 20.4 Å². The quantitative estimate of drug-likeness (QED) is 0.0509. The molecule has 0 aliphatic heterocycles. The smallest absolute Gasteiger partial charge is 0.343 e. The van der Waals surface area contributed by atoms with E-state index in [0.717, 1.165) is 0 Å². The number of benzene rings is 4. The average Bonchev–Trinajstić information content (AvgIpc) is 3.13. The van der Waals surface area contributed by atoms with Crippen LogP contribution in [0.3, 0.4) is 0 Å². The van der Waals surface area contributed by atoms with E-state index in [1.54, 1.807) is 111 Å². The second-order valence-electron chi connectivity index (χ2n) is 10.5. The molecule has 0 heterocycles. The fraction of sp³-hybridized carbons (Fsp3) is 0.189. The molecule has 4 aromatic carbocycles. The Balaban J connectivity index is 1.14. The van der Waals surface area contributed by atoms with Crippen molar-refractivity contribution in [3.63, 3.8) is 0 Å². The van der Waals surface area contributed by atoms with Crippen LogP contribution in [0, 0.1) is 0 Å². The number of rotatable bonds is 16. The van der Waals surface area contributed by atoms with Crippen molar-refractivity contribution in [3.8, 4) is 23.0 Å². The molecular weight excluding hydrogens is 628 g/mol. The number of amides is 2. The van der Waals surface area contributed by atoms with E-state index in [2.05, 4.69) is 21.1 Å². The minimum absolute atomic E-state index is 0.219. The Bertz CT molecular complexity index is 1660. The number of hydrogen-bond donors (Lipinski definition) is 2. The zero-order valence-electron chi connectivity index (χ0n) is 27.1. The molecule has 0 spiro atoms. The van der Waals surface area contributed by atoms with Crippen molar-refractivity contribution in [2.75, 3.05) is 14.2 Å². The van der Waals surface area contributed by atoms with Gasteiger partial charge in [-0.3, -0.25) is 9.59 Å². The molecule has 0 aliphatic rings. The SMILES string of the molecule is COc1ccc(C(=O)Oc2ccccc2/C=N\NC(=O)CCCCCC(=O)N/N=C/c2ccccc2OC(=O)c2ccc(OC)cc2)cc1. The van der Waals surface area contributed by atoms with E-state index < -0.39 is 11.9 Å². The standard InChI is InChI=1S/C37H36N4O8/c1-46-30-20-16-26(17-21-30)36(44)48-32-12-8-6-10-28(32)24-38-40-34(42)14-4-3-5-15-35(43)41-39-25-29-11-7-9-13-33(29)49-37(45)27-18-22-31(47-2)23-19-27/h6-13,16-25H,3-5,14-15H2,1-2H3,(H,40,42)(H,41,43)/b38-24-,39-25+. The highest BCUT2D eigenvalue weighted by Gasteiger charge is 2.13. The van der Waals surface area contributed by atoms with Crippen LogP contribution in [-0.2, 0) is 9.59 Å². The van der Waals surface area contributed by atoms with Crippen LogP contribution in [0.1, 0.15) is 63.9 Å². The van der Waals surface area contributed by atoms with Gasteiger partial charge < -0.3 is 18.9 Å². The highest BCUT2D eigenvalue weighted by molar-refractivity contribution is 5.94. The summed E-state index contributed by atoms with van der Waals surface area (Å²) in [7, 11) is 3.08. The molecule has 0 fully saturated rings. The van der Waals surface area contributed by atoms with Gasteiger partial charge in [0.05, 0.1) is 37.8 Å². The van der Waals surface area contributed by atoms with Gasteiger partial charge >= 0.3 is 11.9 Å². The first-order valence-electron chi connectivity index (χ1n) is 15.4. The first-order valence-corrected chi connectivity index (χ1v) is 15.4. The number of hydrazone groups is 2. The summed E-state index contributed by atoms with van der Waals surface area (Å²) < 4.78 is 21.2. The maximum Gasteiger partial charge on any atom is 0.343 e. The van der Waals surface area contributed by atoms with Gasteiger partial charge in [-0.15, -0.1) is 0 Å². The van der Waals surface area contributed by atoms with Crippen LogP contribution in [0.15, 0.2) is 107 Å². The molecule has 0 atom stereocenters. The molecule has 0 saturated heterocycles. The molecule has 0 unspecified atom stereocenters. The lowest BCUT2D eigenvalue weighted by atomic mass is 10.1. The lowest BCUT2D eigenvalue weighted by molar-refractivity contribution is -0.121. The summed E-state index contributed by atoms with van der Waals surface area (Å²) in [6, 6.07) is 26.7. The molecule has 0 bridgehead atoms. The molecule has 0 saturated carbocycles. The molecule has 2 amide bonds. The summed E-state index contributed by atoms with van der Waals surface area (Å²) in [6.45, 7) is 0. The van der Waals surface area contributed by atoms with Crippen LogP contribution in [0.5, 0.6) is 23.0 Å². The molecule has 12 heteroatoms. The zero-order valence-corrected chi connectivity index (χ0v) is 27.1. The topological polar surface area (TPSA) is 154 Å². The van der Waals surface area contributed by atoms with E-state index >= 15 is 0 Å². The number of unbranched alkanes of at least 4 members (excludes halogenated alkanes) is 2. The molecule has 0 aliphatic carbocycles. The monoisotopic (exact) mass is 664 g/mol. The second kappa shape index (κ2) is 18.7. The van der Waals surface area contributed by atoms with Gasteiger partial charge in [0.1, 0.15) is 23.0 Å². The van der Waals surface area contributed by atoms with E-state index in [9.17, 15) is 19.2 Å². The summed E-state index contributed by atoms with van der Waals surface area (Å²) in [4.78, 5) is 49.6. The lowest BCUT2D eigenvalue weighted by Gasteiger charge is -2.08. The van der Waals surface area contributed by atoms with Gasteiger partial charge in [0.2, 0.25) is 11.8 Å². The van der Waals surface area contributed by atoms with Crippen molar-refractivity contribution in [2.45, 2.75) is 32.1 Å². The minimum atomic E-state index is -0.540. The summed E-state index contributed by atoms with van der Waals surface area (Å²) in [6.07, 6.45) is 5.00. The van der Waals surface area contributed by atoms with Crippen LogP contribution >= 0.6 is 0 Å². The lowest BCUT2D eigenvalue weighted by Crippen LogP contribution is -2.18. The first kappa shape index (κ1) is 35.6. The highest BCUT2D eigenvalue weighted by Crippen LogP contribution is 2.20. The molecule has 4 aromatic rings. The fourth-order valence-electron chi connectivity index (χ4n) is 4.34. The third-order valence-electron chi connectivity index (χ3n) is 6.99. The van der Waals surface area contributed by atoms with Crippen molar-refractivity contribution >= 4 is 36.2 Å². The molecule has 49 heavy (non-hydrogen) atoms. The summed E-state index contributed by atoms with van der Waals surface area (Å²) in [5, 5.41) is 7.98. The number of carbonyl (C=O) groups is 4. The van der Waals surface area contributed by atoms with E-state index in [0.29, 0.717) is 64.5 Å². The predicted molar refractivity (Wildman–Crippen MR) is 183 cm³/mol. The van der Waals surface area contributed by atoms with Crippen molar-refractivity contribution < 1.29 is 38.1 Å². The molecular formula is C37H36N4O8. The van der Waals surface area contributed by atoms with Crippen LogP contribution in [0.4, 0.5) is 0 Å². The normalized spacial score (nSPS) is 10.8. The highest BCUT2D eigenvalue weighted by atomic mass is 16.5. The van der Waals surface area contributed by atoms with Gasteiger partial charge in [-0.1, -0.05) is 30.7 Å². The summed E-state index contributed by atoms with van der Waals surface area (Å²) in [5.41, 5.74) is 6.68. The van der Waals surface area contributed by atoms with Crippen molar-refractivity contribution in [3.05, 3.63) is 119 Å². The zero-order chi connectivity index (χ0) is 34.8. The molecule has 4 rings (SSSR count). The average molecular weight is 665 g/mol. The number of nitrogens with one attached hydrogen (secondary N) is 2. The van der Waals surface area contributed by atoms with E-state index in [-0.39, 0.29) is 24.7 Å². The Morgan fingerprint density at radius 3 is 1.33 bits per heavy atom.